The topological polar surface area (TPSA) is 101 Å². The fraction of sp³-hybridized carbons (Fsp3) is 0.429. The van der Waals surface area contributed by atoms with Crippen molar-refractivity contribution in [3.05, 3.63) is 65.7 Å². The Balaban J connectivity index is 1.39. The van der Waals surface area contributed by atoms with Gasteiger partial charge in [-0.15, -0.1) is 0 Å². The van der Waals surface area contributed by atoms with E-state index < -0.39 is 53.2 Å². The zero-order valence-electron chi connectivity index (χ0n) is 16.2. The van der Waals surface area contributed by atoms with Crippen molar-refractivity contribution in [2.45, 2.75) is 61.5 Å². The summed E-state index contributed by atoms with van der Waals surface area (Å²) in [4.78, 5) is 0.0226. The van der Waals surface area contributed by atoms with Crippen LogP contribution in [-0.4, -0.2) is 56.6 Å². The Morgan fingerprint density at radius 1 is 0.900 bits per heavy atom. The molecule has 3 heterocycles. The Labute approximate surface area is 174 Å². The van der Waals surface area contributed by atoms with E-state index in [9.17, 15) is 13.5 Å². The van der Waals surface area contributed by atoms with E-state index >= 15 is 0 Å². The van der Waals surface area contributed by atoms with Gasteiger partial charge in [0.05, 0.1) is 11.5 Å². The fourth-order valence-corrected chi connectivity index (χ4v) is 5.15. The molecule has 2 aromatic rings. The SMILES string of the molecule is Cc1ccc(S(=O)(=O)O[C@H]2[C@@H]3OC4O[C@H]([C@H](O)[C@@H]2O4)[C@@H]3OCc2ccccc2)cc1. The van der Waals surface area contributed by atoms with Crippen molar-refractivity contribution >= 4 is 10.1 Å². The van der Waals surface area contributed by atoms with E-state index in [4.69, 9.17) is 23.1 Å². The third-order valence-electron chi connectivity index (χ3n) is 5.61. The first kappa shape index (κ1) is 20.1. The lowest BCUT2D eigenvalue weighted by atomic mass is 9.82. The first-order chi connectivity index (χ1) is 14.4. The Kier molecular flexibility index (Phi) is 5.14. The minimum atomic E-state index is -4.10. The maximum absolute atomic E-state index is 12.8. The number of rotatable bonds is 6. The van der Waals surface area contributed by atoms with Crippen LogP contribution in [0.3, 0.4) is 0 Å². The van der Waals surface area contributed by atoms with Crippen LogP contribution in [0, 0.1) is 6.92 Å². The van der Waals surface area contributed by atoms with E-state index in [0.29, 0.717) is 0 Å². The second-order valence-corrected chi connectivity index (χ2v) is 9.24. The number of aliphatic hydroxyl groups excluding tert-OH is 1. The number of hydrogen-bond acceptors (Lipinski definition) is 8. The smallest absolute Gasteiger partial charge is 0.297 e. The average Bonchev–Trinajstić information content (AvgIpc) is 2.74. The monoisotopic (exact) mass is 434 g/mol. The summed E-state index contributed by atoms with van der Waals surface area (Å²) < 4.78 is 54.0. The zero-order chi connectivity index (χ0) is 20.9. The number of hydrogen-bond donors (Lipinski definition) is 1. The van der Waals surface area contributed by atoms with Crippen molar-refractivity contribution < 1.29 is 36.7 Å². The van der Waals surface area contributed by atoms with Gasteiger partial charge in [-0.2, -0.15) is 8.42 Å². The molecule has 7 atom stereocenters. The Morgan fingerprint density at radius 3 is 2.23 bits per heavy atom. The average molecular weight is 434 g/mol. The lowest BCUT2D eigenvalue weighted by molar-refractivity contribution is -0.481. The van der Waals surface area contributed by atoms with Crippen LogP contribution in [0.2, 0.25) is 0 Å². The van der Waals surface area contributed by atoms with E-state index in [1.165, 1.54) is 12.1 Å². The molecular weight excluding hydrogens is 412 g/mol. The Bertz CT molecular complexity index is 993. The summed E-state index contributed by atoms with van der Waals surface area (Å²) in [6.45, 7) is 1.14. The molecule has 160 valence electrons. The molecule has 2 aromatic carbocycles. The molecule has 1 saturated carbocycles. The molecule has 0 amide bonds. The second-order valence-electron chi connectivity index (χ2n) is 7.67. The molecular formula is C21H22O8S. The predicted molar refractivity (Wildman–Crippen MR) is 103 cm³/mol. The lowest BCUT2D eigenvalue weighted by Crippen LogP contribution is -2.76. The van der Waals surface area contributed by atoms with Gasteiger partial charge in [-0.25, -0.2) is 0 Å². The summed E-state index contributed by atoms with van der Waals surface area (Å²) in [6.07, 6.45) is -5.25. The molecule has 3 aliphatic heterocycles. The molecule has 9 heteroatoms. The summed E-state index contributed by atoms with van der Waals surface area (Å²) in [7, 11) is -4.10. The van der Waals surface area contributed by atoms with Crippen LogP contribution >= 0.6 is 0 Å². The zero-order valence-corrected chi connectivity index (χ0v) is 17.0. The highest BCUT2D eigenvalue weighted by molar-refractivity contribution is 7.86. The third kappa shape index (κ3) is 3.56. The van der Waals surface area contributed by atoms with Gasteiger partial charge in [-0.05, 0) is 24.6 Å². The van der Waals surface area contributed by atoms with Gasteiger partial charge in [0.25, 0.3) is 16.6 Å². The van der Waals surface area contributed by atoms with Crippen molar-refractivity contribution in [1.29, 1.82) is 0 Å². The summed E-state index contributed by atoms with van der Waals surface area (Å²) in [5.74, 6) is 0. The van der Waals surface area contributed by atoms with Crippen molar-refractivity contribution in [2.24, 2.45) is 0 Å². The molecule has 6 rings (SSSR count). The van der Waals surface area contributed by atoms with E-state index in [1.807, 2.05) is 37.3 Å². The minimum absolute atomic E-state index is 0.0226. The Morgan fingerprint density at radius 2 is 1.53 bits per heavy atom. The van der Waals surface area contributed by atoms with Crippen LogP contribution in [0.1, 0.15) is 11.1 Å². The molecule has 1 unspecified atom stereocenters. The van der Waals surface area contributed by atoms with Crippen LogP contribution in [0.25, 0.3) is 0 Å². The largest absolute Gasteiger partial charge is 0.387 e. The fourth-order valence-electron chi connectivity index (χ4n) is 4.06. The summed E-state index contributed by atoms with van der Waals surface area (Å²) >= 11 is 0. The van der Waals surface area contributed by atoms with Gasteiger partial charge in [0.1, 0.15) is 36.6 Å². The standard InChI is InChI=1S/C21H22O8S/c1-12-7-9-14(10-8-12)30(23,24)29-20-17-15(22)16-18(19(20)28-21(26-16)27-17)25-11-13-5-3-2-4-6-13/h2-10,15-22H,11H2,1H3/t15-,16+,17-,18-,19+,20+,21?/m0/s1. The summed E-state index contributed by atoms with van der Waals surface area (Å²) in [5.41, 5.74) is 1.86. The van der Waals surface area contributed by atoms with Crippen LogP contribution < -0.4 is 0 Å². The molecule has 0 aromatic heterocycles. The first-order valence-corrected chi connectivity index (χ1v) is 11.1. The molecule has 0 spiro atoms. The van der Waals surface area contributed by atoms with Gasteiger partial charge in [0, 0.05) is 0 Å². The molecule has 8 nitrogen and oxygen atoms in total. The highest BCUT2D eigenvalue weighted by Gasteiger charge is 2.63. The highest BCUT2D eigenvalue weighted by atomic mass is 32.2. The molecule has 1 N–H and O–H groups in total. The molecule has 4 aliphatic rings. The maximum Gasteiger partial charge on any atom is 0.297 e. The Hall–Kier alpha value is -1.85. The third-order valence-corrected chi connectivity index (χ3v) is 6.93. The van der Waals surface area contributed by atoms with E-state index in [0.717, 1.165) is 11.1 Å². The summed E-state index contributed by atoms with van der Waals surface area (Å²) in [5, 5.41) is 10.7. The van der Waals surface area contributed by atoms with Crippen molar-refractivity contribution in [1.82, 2.24) is 0 Å². The van der Waals surface area contributed by atoms with E-state index in [1.54, 1.807) is 12.1 Å². The van der Waals surface area contributed by atoms with Gasteiger partial charge >= 0.3 is 0 Å². The van der Waals surface area contributed by atoms with Gasteiger partial charge in [0.2, 0.25) is 0 Å². The quantitative estimate of drug-likeness (QED) is 0.683. The normalized spacial score (nSPS) is 34.9. The summed E-state index contributed by atoms with van der Waals surface area (Å²) in [6, 6.07) is 15.8. The lowest BCUT2D eigenvalue weighted by Gasteiger charge is -2.57. The molecule has 0 radical (unpaired) electrons. The molecule has 3 saturated heterocycles. The van der Waals surface area contributed by atoms with Gasteiger partial charge in [-0.1, -0.05) is 48.0 Å². The molecule has 4 fully saturated rings. The van der Waals surface area contributed by atoms with Crippen LogP contribution in [0.4, 0.5) is 0 Å². The number of benzene rings is 2. The van der Waals surface area contributed by atoms with Crippen molar-refractivity contribution in [3.8, 4) is 0 Å². The number of aryl methyl sites for hydroxylation is 1. The maximum atomic E-state index is 12.8. The second kappa shape index (κ2) is 7.69. The van der Waals surface area contributed by atoms with Crippen LogP contribution in [-0.2, 0) is 39.9 Å². The van der Waals surface area contributed by atoms with Crippen LogP contribution in [0.5, 0.6) is 0 Å². The first-order valence-electron chi connectivity index (χ1n) is 9.72. The van der Waals surface area contributed by atoms with Gasteiger partial charge < -0.3 is 24.1 Å². The number of aliphatic hydroxyl groups is 1. The van der Waals surface area contributed by atoms with E-state index in [2.05, 4.69) is 0 Å². The van der Waals surface area contributed by atoms with Crippen molar-refractivity contribution in [3.63, 3.8) is 0 Å². The van der Waals surface area contributed by atoms with Gasteiger partial charge in [0.15, 0.2) is 0 Å². The minimum Gasteiger partial charge on any atom is -0.387 e. The van der Waals surface area contributed by atoms with Gasteiger partial charge in [-0.3, -0.25) is 4.18 Å². The molecule has 30 heavy (non-hydrogen) atoms. The predicted octanol–water partition coefficient (Wildman–Crippen LogP) is 1.50. The van der Waals surface area contributed by atoms with E-state index in [-0.39, 0.29) is 11.5 Å². The van der Waals surface area contributed by atoms with Crippen molar-refractivity contribution in [2.75, 3.05) is 0 Å². The molecule has 1 aliphatic carbocycles. The highest BCUT2D eigenvalue weighted by Crippen LogP contribution is 2.43. The molecule has 4 bridgehead atoms. The number of ether oxygens (including phenoxy) is 4. The van der Waals surface area contributed by atoms with Crippen LogP contribution in [0.15, 0.2) is 59.5 Å².